The molecule has 2 rings (SSSR count). The van der Waals surface area contributed by atoms with Crippen molar-refractivity contribution in [3.8, 4) is 28.8 Å². The van der Waals surface area contributed by atoms with Crippen molar-refractivity contribution in [3.63, 3.8) is 0 Å². The highest BCUT2D eigenvalue weighted by Gasteiger charge is 2.09. The van der Waals surface area contributed by atoms with Gasteiger partial charge in [-0.3, -0.25) is 4.79 Å². The molecule has 0 saturated carbocycles. The van der Waals surface area contributed by atoms with E-state index in [1.165, 1.54) is 0 Å². The summed E-state index contributed by atoms with van der Waals surface area (Å²) in [5.41, 5.74) is 1.57. The van der Waals surface area contributed by atoms with Gasteiger partial charge in [0.1, 0.15) is 12.4 Å². The summed E-state index contributed by atoms with van der Waals surface area (Å²) >= 11 is 6.33. The van der Waals surface area contributed by atoms with Crippen molar-refractivity contribution in [1.29, 1.82) is 0 Å². The molecule has 2 aromatic rings. The second-order valence-electron chi connectivity index (χ2n) is 4.35. The number of pyridine rings is 1. The Kier molecular flexibility index (Phi) is 5.08. The standard InChI is InChI=1S/C17H16ClNO2/c1-3-5-11-21-13-9-10-14(15(18)12-13)16-7-6-8-17(20)19(16)4-2/h6-10,12H,4,11H2,1-2H3. The Hall–Kier alpha value is -2.18. The lowest BCUT2D eigenvalue weighted by molar-refractivity contribution is 0.370. The summed E-state index contributed by atoms with van der Waals surface area (Å²) in [6, 6.07) is 10.6. The quantitative estimate of drug-likeness (QED) is 0.808. The minimum absolute atomic E-state index is 0.0374. The van der Waals surface area contributed by atoms with Crippen LogP contribution in [0.25, 0.3) is 11.3 Å². The molecule has 4 heteroatoms. The average Bonchev–Trinajstić information content (AvgIpc) is 2.47. The lowest BCUT2D eigenvalue weighted by Gasteiger charge is -2.13. The number of hydrogen-bond donors (Lipinski definition) is 0. The minimum Gasteiger partial charge on any atom is -0.481 e. The molecule has 3 nitrogen and oxygen atoms in total. The van der Waals surface area contributed by atoms with E-state index < -0.39 is 0 Å². The molecule has 21 heavy (non-hydrogen) atoms. The lowest BCUT2D eigenvalue weighted by atomic mass is 10.1. The molecule has 0 amide bonds. The van der Waals surface area contributed by atoms with Crippen LogP contribution in [0.5, 0.6) is 5.75 Å². The van der Waals surface area contributed by atoms with E-state index >= 15 is 0 Å². The Bertz CT molecular complexity index is 753. The van der Waals surface area contributed by atoms with Crippen molar-refractivity contribution >= 4 is 11.6 Å². The predicted molar refractivity (Wildman–Crippen MR) is 85.8 cm³/mol. The van der Waals surface area contributed by atoms with Crippen LogP contribution >= 0.6 is 11.6 Å². The number of benzene rings is 1. The normalized spacial score (nSPS) is 9.86. The first-order valence-electron chi connectivity index (χ1n) is 6.69. The molecule has 0 bridgehead atoms. The molecule has 108 valence electrons. The molecule has 1 aromatic carbocycles. The molecule has 1 heterocycles. The van der Waals surface area contributed by atoms with Crippen LogP contribution in [-0.4, -0.2) is 11.2 Å². The van der Waals surface area contributed by atoms with E-state index in [0.29, 0.717) is 23.9 Å². The summed E-state index contributed by atoms with van der Waals surface area (Å²) < 4.78 is 7.16. The van der Waals surface area contributed by atoms with E-state index in [4.69, 9.17) is 16.3 Å². The van der Waals surface area contributed by atoms with Gasteiger partial charge in [-0.05, 0) is 38.1 Å². The second kappa shape index (κ2) is 7.01. The first-order valence-corrected chi connectivity index (χ1v) is 7.07. The number of nitrogens with zero attached hydrogens (tertiary/aromatic N) is 1. The Balaban J connectivity index is 2.39. The number of ether oxygens (including phenoxy) is 1. The van der Waals surface area contributed by atoms with E-state index in [0.717, 1.165) is 11.3 Å². The molecule has 0 fully saturated rings. The predicted octanol–water partition coefficient (Wildman–Crippen LogP) is 3.59. The molecule has 1 aromatic heterocycles. The summed E-state index contributed by atoms with van der Waals surface area (Å²) in [6.45, 7) is 4.62. The topological polar surface area (TPSA) is 31.2 Å². The Morgan fingerprint density at radius 1 is 1.29 bits per heavy atom. The van der Waals surface area contributed by atoms with Gasteiger partial charge in [-0.25, -0.2) is 0 Å². The molecule has 0 N–H and O–H groups in total. The zero-order valence-corrected chi connectivity index (χ0v) is 12.8. The van der Waals surface area contributed by atoms with Crippen molar-refractivity contribution in [2.75, 3.05) is 6.61 Å². The fraction of sp³-hybridized carbons (Fsp3) is 0.235. The van der Waals surface area contributed by atoms with Gasteiger partial charge in [0, 0.05) is 18.2 Å². The van der Waals surface area contributed by atoms with E-state index in [1.54, 1.807) is 29.7 Å². The number of rotatable bonds is 4. The summed E-state index contributed by atoms with van der Waals surface area (Å²) in [6.07, 6.45) is 0. The van der Waals surface area contributed by atoms with Crippen molar-refractivity contribution < 1.29 is 4.74 Å². The fourth-order valence-corrected chi connectivity index (χ4v) is 2.33. The summed E-state index contributed by atoms with van der Waals surface area (Å²) in [7, 11) is 0. The van der Waals surface area contributed by atoms with Crippen LogP contribution < -0.4 is 10.3 Å². The van der Waals surface area contributed by atoms with Crippen LogP contribution in [0.15, 0.2) is 41.2 Å². The van der Waals surface area contributed by atoms with Gasteiger partial charge < -0.3 is 9.30 Å². The SMILES string of the molecule is CC#CCOc1ccc(-c2cccc(=O)n2CC)c(Cl)c1. The summed E-state index contributed by atoms with van der Waals surface area (Å²) in [5, 5.41) is 0.546. The average molecular weight is 302 g/mol. The smallest absolute Gasteiger partial charge is 0.250 e. The van der Waals surface area contributed by atoms with E-state index in [9.17, 15) is 4.79 Å². The van der Waals surface area contributed by atoms with Gasteiger partial charge in [-0.15, -0.1) is 5.92 Å². The van der Waals surface area contributed by atoms with Crippen LogP contribution in [0.1, 0.15) is 13.8 Å². The van der Waals surface area contributed by atoms with Crippen LogP contribution in [-0.2, 0) is 6.54 Å². The van der Waals surface area contributed by atoms with Gasteiger partial charge in [0.15, 0.2) is 0 Å². The maximum absolute atomic E-state index is 11.9. The number of aromatic nitrogens is 1. The highest BCUT2D eigenvalue weighted by atomic mass is 35.5. The van der Waals surface area contributed by atoms with Crippen molar-refractivity contribution in [2.24, 2.45) is 0 Å². The maximum atomic E-state index is 11.9. The molecule has 0 aliphatic heterocycles. The monoisotopic (exact) mass is 301 g/mol. The van der Waals surface area contributed by atoms with Crippen molar-refractivity contribution in [1.82, 2.24) is 4.57 Å². The Morgan fingerprint density at radius 2 is 2.10 bits per heavy atom. The largest absolute Gasteiger partial charge is 0.481 e. The molecule has 0 radical (unpaired) electrons. The molecule has 0 saturated heterocycles. The Labute approximate surface area is 129 Å². The molecule has 0 spiro atoms. The molecule has 0 atom stereocenters. The third-order valence-electron chi connectivity index (χ3n) is 3.07. The number of hydrogen-bond acceptors (Lipinski definition) is 2. The van der Waals surface area contributed by atoms with Crippen molar-refractivity contribution in [2.45, 2.75) is 20.4 Å². The van der Waals surface area contributed by atoms with Crippen molar-refractivity contribution in [3.05, 3.63) is 51.8 Å². The van der Waals surface area contributed by atoms with E-state index in [2.05, 4.69) is 11.8 Å². The first kappa shape index (κ1) is 15.2. The van der Waals surface area contributed by atoms with Gasteiger partial charge >= 0.3 is 0 Å². The third-order valence-corrected chi connectivity index (χ3v) is 3.38. The molecule has 0 aliphatic rings. The van der Waals surface area contributed by atoms with Crippen LogP contribution in [0.4, 0.5) is 0 Å². The van der Waals surface area contributed by atoms with E-state index in [-0.39, 0.29) is 5.56 Å². The van der Waals surface area contributed by atoms with Gasteiger partial charge in [-0.2, -0.15) is 0 Å². The molecule has 0 aliphatic carbocycles. The summed E-state index contributed by atoms with van der Waals surface area (Å²) in [4.78, 5) is 11.9. The fourth-order valence-electron chi connectivity index (χ4n) is 2.07. The van der Waals surface area contributed by atoms with Gasteiger partial charge in [-0.1, -0.05) is 23.6 Å². The molecular formula is C17H16ClNO2. The minimum atomic E-state index is -0.0374. The van der Waals surface area contributed by atoms with Gasteiger partial charge in [0.05, 0.1) is 10.7 Å². The zero-order chi connectivity index (χ0) is 15.2. The molecular weight excluding hydrogens is 286 g/mol. The van der Waals surface area contributed by atoms with Crippen LogP contribution in [0.3, 0.4) is 0 Å². The summed E-state index contributed by atoms with van der Waals surface area (Å²) in [5.74, 6) is 6.25. The van der Waals surface area contributed by atoms with Crippen LogP contribution in [0.2, 0.25) is 5.02 Å². The Morgan fingerprint density at radius 3 is 2.76 bits per heavy atom. The maximum Gasteiger partial charge on any atom is 0.250 e. The lowest BCUT2D eigenvalue weighted by Crippen LogP contribution is -2.19. The number of halogens is 1. The van der Waals surface area contributed by atoms with Gasteiger partial charge in [0.25, 0.3) is 5.56 Å². The second-order valence-corrected chi connectivity index (χ2v) is 4.76. The first-order chi connectivity index (χ1) is 10.2. The van der Waals surface area contributed by atoms with E-state index in [1.807, 2.05) is 25.1 Å². The molecule has 0 unspecified atom stereocenters. The highest BCUT2D eigenvalue weighted by molar-refractivity contribution is 6.33. The van der Waals surface area contributed by atoms with Gasteiger partial charge in [0.2, 0.25) is 0 Å². The highest BCUT2D eigenvalue weighted by Crippen LogP contribution is 2.30. The zero-order valence-electron chi connectivity index (χ0n) is 12.0. The van der Waals surface area contributed by atoms with Crippen LogP contribution in [0, 0.1) is 11.8 Å². The third kappa shape index (κ3) is 3.48.